The van der Waals surface area contributed by atoms with Gasteiger partial charge in [-0.2, -0.15) is 10.5 Å². The van der Waals surface area contributed by atoms with Gasteiger partial charge in [0.2, 0.25) is 5.89 Å². The summed E-state index contributed by atoms with van der Waals surface area (Å²) >= 11 is 5.97. The highest BCUT2D eigenvalue weighted by atomic mass is 35.5. The molecule has 0 saturated heterocycles. The van der Waals surface area contributed by atoms with Crippen molar-refractivity contribution >= 4 is 28.4 Å². The normalized spacial score (nSPS) is 10.0. The van der Waals surface area contributed by atoms with E-state index in [1.54, 1.807) is 30.3 Å². The van der Waals surface area contributed by atoms with Crippen LogP contribution in [-0.4, -0.2) is 4.98 Å². The molecule has 0 amide bonds. The molecule has 0 radical (unpaired) electrons. The van der Waals surface area contributed by atoms with E-state index in [0.29, 0.717) is 22.0 Å². The second-order valence-corrected chi connectivity index (χ2v) is 5.52. The van der Waals surface area contributed by atoms with Crippen molar-refractivity contribution in [1.82, 2.24) is 4.98 Å². The fourth-order valence-corrected chi connectivity index (χ4v) is 2.34. The maximum absolute atomic E-state index is 8.79. The van der Waals surface area contributed by atoms with Gasteiger partial charge in [-0.15, -0.1) is 0 Å². The van der Waals surface area contributed by atoms with Gasteiger partial charge in [-0.3, -0.25) is 0 Å². The third kappa shape index (κ3) is 3.08. The first-order valence-corrected chi connectivity index (χ1v) is 7.42. The first-order valence-electron chi connectivity index (χ1n) is 7.05. The zero-order chi connectivity index (χ0) is 17.1. The highest BCUT2D eigenvalue weighted by Crippen LogP contribution is 2.29. The van der Waals surface area contributed by atoms with E-state index >= 15 is 0 Å². The number of fused-ring (bicyclic) bond motifs is 1. The molecule has 0 bridgehead atoms. The summed E-state index contributed by atoms with van der Waals surface area (Å²) in [6, 6.07) is 14.5. The van der Waals surface area contributed by atoms with E-state index in [1.807, 2.05) is 25.1 Å². The number of aryl methyl sites for hydroxylation is 1. The van der Waals surface area contributed by atoms with Crippen LogP contribution in [0.25, 0.3) is 22.6 Å². The fourth-order valence-electron chi connectivity index (χ4n) is 2.17. The molecule has 1 heterocycles. The van der Waals surface area contributed by atoms with Crippen molar-refractivity contribution in [3.63, 3.8) is 0 Å². The van der Waals surface area contributed by atoms with E-state index in [4.69, 9.17) is 26.5 Å². The van der Waals surface area contributed by atoms with Gasteiger partial charge in [-0.1, -0.05) is 17.7 Å². The molecule has 0 atom stereocenters. The molecule has 0 spiro atoms. The minimum absolute atomic E-state index is 0.00342. The number of aromatic nitrogens is 1. The highest BCUT2D eigenvalue weighted by Gasteiger charge is 2.10. The van der Waals surface area contributed by atoms with Crippen LogP contribution in [0.2, 0.25) is 5.02 Å². The van der Waals surface area contributed by atoms with Gasteiger partial charge in [0, 0.05) is 22.5 Å². The molecule has 0 aliphatic carbocycles. The van der Waals surface area contributed by atoms with Crippen LogP contribution in [0, 0.1) is 29.6 Å². The number of nitrogens with one attached hydrogen (secondary N) is 1. The second kappa shape index (κ2) is 6.45. The van der Waals surface area contributed by atoms with Gasteiger partial charge >= 0.3 is 0 Å². The van der Waals surface area contributed by atoms with E-state index in [9.17, 15) is 0 Å². The van der Waals surface area contributed by atoms with Gasteiger partial charge in [0.05, 0.1) is 0 Å². The van der Waals surface area contributed by atoms with E-state index in [2.05, 4.69) is 10.3 Å². The number of oxazole rings is 1. The van der Waals surface area contributed by atoms with Gasteiger partial charge in [0.15, 0.2) is 5.58 Å². The molecule has 3 aromatic rings. The summed E-state index contributed by atoms with van der Waals surface area (Å²) < 4.78 is 5.75. The predicted molar refractivity (Wildman–Crippen MR) is 92.1 cm³/mol. The number of hydrogen-bond donors (Lipinski definition) is 1. The van der Waals surface area contributed by atoms with Crippen LogP contribution in [-0.2, 0) is 0 Å². The Labute approximate surface area is 143 Å². The second-order valence-electron chi connectivity index (χ2n) is 5.09. The first kappa shape index (κ1) is 15.6. The summed E-state index contributed by atoms with van der Waals surface area (Å²) in [5, 5.41) is 21.2. The molecule has 0 saturated carbocycles. The smallest absolute Gasteiger partial charge is 0.227 e. The van der Waals surface area contributed by atoms with Gasteiger partial charge in [0.25, 0.3) is 0 Å². The molecule has 0 aliphatic heterocycles. The number of nitrogens with zero attached hydrogens (tertiary/aromatic N) is 3. The Morgan fingerprint density at radius 1 is 1.21 bits per heavy atom. The zero-order valence-electron chi connectivity index (χ0n) is 12.7. The van der Waals surface area contributed by atoms with Crippen molar-refractivity contribution < 1.29 is 4.42 Å². The van der Waals surface area contributed by atoms with Crippen molar-refractivity contribution in [3.8, 4) is 23.6 Å². The topological polar surface area (TPSA) is 85.6 Å². The lowest BCUT2D eigenvalue weighted by molar-refractivity contribution is 0.620. The molecule has 3 rings (SSSR count). The van der Waals surface area contributed by atoms with Crippen LogP contribution in [0.5, 0.6) is 0 Å². The number of rotatable bonds is 3. The maximum Gasteiger partial charge on any atom is 0.227 e. The third-order valence-electron chi connectivity index (χ3n) is 3.45. The number of benzene rings is 2. The summed E-state index contributed by atoms with van der Waals surface area (Å²) in [7, 11) is 0. The Morgan fingerprint density at radius 3 is 2.75 bits per heavy atom. The summed E-state index contributed by atoms with van der Waals surface area (Å²) in [6.45, 7) is 1.92. The molecular formula is C18H11ClN4O. The van der Waals surface area contributed by atoms with Crippen molar-refractivity contribution in [2.24, 2.45) is 0 Å². The van der Waals surface area contributed by atoms with Gasteiger partial charge in [-0.05, 0) is 42.8 Å². The van der Waals surface area contributed by atoms with Crippen LogP contribution >= 0.6 is 11.6 Å². The summed E-state index contributed by atoms with van der Waals surface area (Å²) in [6.07, 6.45) is 1.37. The quantitative estimate of drug-likeness (QED) is 0.695. The van der Waals surface area contributed by atoms with Crippen LogP contribution in [0.1, 0.15) is 5.56 Å². The number of halogens is 1. The first-order chi connectivity index (χ1) is 11.6. The SMILES string of the molecule is Cc1ccc(-c2nc3cc(Cl)ccc3o2)cc1NC=C(C#N)C#N. The van der Waals surface area contributed by atoms with Crippen LogP contribution in [0.3, 0.4) is 0 Å². The van der Waals surface area contributed by atoms with Crippen molar-refractivity contribution in [1.29, 1.82) is 10.5 Å². The summed E-state index contributed by atoms with van der Waals surface area (Å²) in [5.41, 5.74) is 3.83. The van der Waals surface area contributed by atoms with E-state index in [0.717, 1.165) is 16.8 Å². The molecule has 0 aliphatic rings. The Kier molecular flexibility index (Phi) is 4.20. The van der Waals surface area contributed by atoms with Gasteiger partial charge < -0.3 is 9.73 Å². The molecule has 5 nitrogen and oxygen atoms in total. The molecule has 2 aromatic carbocycles. The number of hydrogen-bond acceptors (Lipinski definition) is 5. The largest absolute Gasteiger partial charge is 0.436 e. The number of nitriles is 2. The van der Waals surface area contributed by atoms with Crippen molar-refractivity contribution in [3.05, 3.63) is 58.8 Å². The minimum atomic E-state index is -0.00342. The molecule has 116 valence electrons. The lowest BCUT2D eigenvalue weighted by Crippen LogP contribution is -1.93. The van der Waals surface area contributed by atoms with E-state index in [-0.39, 0.29) is 5.57 Å². The van der Waals surface area contributed by atoms with Crippen LogP contribution in [0.15, 0.2) is 52.6 Å². The molecule has 1 aromatic heterocycles. The maximum atomic E-state index is 8.79. The van der Waals surface area contributed by atoms with Crippen LogP contribution < -0.4 is 5.32 Å². The third-order valence-corrected chi connectivity index (χ3v) is 3.68. The van der Waals surface area contributed by atoms with Gasteiger partial charge in [-0.25, -0.2) is 4.98 Å². The monoisotopic (exact) mass is 334 g/mol. The molecule has 6 heteroatoms. The van der Waals surface area contributed by atoms with E-state index in [1.165, 1.54) is 6.20 Å². The average Bonchev–Trinajstić information content (AvgIpc) is 3.00. The summed E-state index contributed by atoms with van der Waals surface area (Å²) in [4.78, 5) is 4.44. The van der Waals surface area contributed by atoms with Crippen molar-refractivity contribution in [2.45, 2.75) is 6.92 Å². The van der Waals surface area contributed by atoms with Crippen LogP contribution in [0.4, 0.5) is 5.69 Å². The Balaban J connectivity index is 1.99. The molecule has 1 N–H and O–H groups in total. The van der Waals surface area contributed by atoms with E-state index < -0.39 is 0 Å². The average molecular weight is 335 g/mol. The lowest BCUT2D eigenvalue weighted by Gasteiger charge is -2.07. The number of anilines is 1. The Hall–Kier alpha value is -3.28. The molecular weight excluding hydrogens is 324 g/mol. The minimum Gasteiger partial charge on any atom is -0.436 e. The molecule has 24 heavy (non-hydrogen) atoms. The zero-order valence-corrected chi connectivity index (χ0v) is 13.4. The van der Waals surface area contributed by atoms with Crippen molar-refractivity contribution in [2.75, 3.05) is 5.32 Å². The predicted octanol–water partition coefficient (Wildman–Crippen LogP) is 4.80. The lowest BCUT2D eigenvalue weighted by atomic mass is 10.1. The molecule has 0 fully saturated rings. The summed E-state index contributed by atoms with van der Waals surface area (Å²) in [5.74, 6) is 0.472. The Bertz CT molecular complexity index is 1020. The highest BCUT2D eigenvalue weighted by molar-refractivity contribution is 6.31. The Morgan fingerprint density at radius 2 is 2.00 bits per heavy atom. The van der Waals surface area contributed by atoms with Gasteiger partial charge in [0.1, 0.15) is 23.2 Å². The number of allylic oxidation sites excluding steroid dienone is 1. The molecule has 0 unspecified atom stereocenters. The standard InChI is InChI=1S/C18H11ClN4O/c1-11-2-3-13(6-15(11)22-10-12(8-20)9-21)18-23-16-7-14(19)4-5-17(16)24-18/h2-7,10,22H,1H3. The fraction of sp³-hybridized carbons (Fsp3) is 0.0556.